The number of phenolic OH excluding ortho intramolecular Hbond substituents is 1. The summed E-state index contributed by atoms with van der Waals surface area (Å²) in [6, 6.07) is 3.97. The van der Waals surface area contributed by atoms with Crippen LogP contribution in [-0.4, -0.2) is 5.11 Å². The molecule has 1 aromatic rings. The lowest BCUT2D eigenvalue weighted by atomic mass is 9.89. The number of rotatable bonds is 2. The summed E-state index contributed by atoms with van der Waals surface area (Å²) in [7, 11) is 0. The van der Waals surface area contributed by atoms with Crippen molar-refractivity contribution < 1.29 is 9.94 Å². The highest BCUT2D eigenvalue weighted by Gasteiger charge is 2.15. The van der Waals surface area contributed by atoms with Crippen molar-refractivity contribution in [3.63, 3.8) is 0 Å². The molecule has 0 saturated heterocycles. The van der Waals surface area contributed by atoms with Crippen molar-refractivity contribution in [1.82, 2.24) is 0 Å². The third kappa shape index (κ3) is 1.61. The second-order valence-electron chi connectivity index (χ2n) is 3.73. The minimum absolute atomic E-state index is 0.277. The molecule has 76 valence electrons. The van der Waals surface area contributed by atoms with Gasteiger partial charge in [0, 0.05) is 5.56 Å². The SMILES string of the molecule is NOCc1ccc2c(c1O)CCCC2. The van der Waals surface area contributed by atoms with Gasteiger partial charge in [-0.2, -0.15) is 0 Å². The third-order valence-corrected chi connectivity index (χ3v) is 2.83. The fourth-order valence-electron chi connectivity index (χ4n) is 2.06. The molecular weight excluding hydrogens is 178 g/mol. The number of phenols is 1. The molecule has 2 rings (SSSR count). The molecule has 0 heterocycles. The summed E-state index contributed by atoms with van der Waals surface area (Å²) in [6.45, 7) is 0.277. The molecule has 0 saturated carbocycles. The predicted molar refractivity (Wildman–Crippen MR) is 53.7 cm³/mol. The molecule has 0 fully saturated rings. The maximum atomic E-state index is 9.93. The van der Waals surface area contributed by atoms with E-state index in [1.54, 1.807) is 0 Å². The first-order valence-electron chi connectivity index (χ1n) is 4.97. The standard InChI is InChI=1S/C11H15NO2/c12-14-7-9-6-5-8-3-1-2-4-10(8)11(9)13/h5-6,13H,1-4,7,12H2. The molecule has 14 heavy (non-hydrogen) atoms. The summed E-state index contributed by atoms with van der Waals surface area (Å²) in [4.78, 5) is 4.54. The lowest BCUT2D eigenvalue weighted by Gasteiger charge is -2.18. The zero-order chi connectivity index (χ0) is 9.97. The molecule has 0 spiro atoms. The van der Waals surface area contributed by atoms with E-state index in [9.17, 15) is 5.11 Å². The molecule has 3 heteroatoms. The summed E-state index contributed by atoms with van der Waals surface area (Å²) in [6.07, 6.45) is 4.43. The Balaban J connectivity index is 2.38. The van der Waals surface area contributed by atoms with Gasteiger partial charge in [-0.05, 0) is 36.8 Å². The average Bonchev–Trinajstić information content (AvgIpc) is 2.23. The van der Waals surface area contributed by atoms with Gasteiger partial charge < -0.3 is 5.11 Å². The van der Waals surface area contributed by atoms with Crippen molar-refractivity contribution in [3.05, 3.63) is 28.8 Å². The van der Waals surface area contributed by atoms with Crippen LogP contribution in [0.25, 0.3) is 0 Å². The van der Waals surface area contributed by atoms with Gasteiger partial charge in [0.25, 0.3) is 0 Å². The Morgan fingerprint density at radius 3 is 2.86 bits per heavy atom. The lowest BCUT2D eigenvalue weighted by Crippen LogP contribution is -2.06. The highest BCUT2D eigenvalue weighted by atomic mass is 16.6. The van der Waals surface area contributed by atoms with Gasteiger partial charge in [0.05, 0.1) is 6.61 Å². The van der Waals surface area contributed by atoms with Gasteiger partial charge in [0.15, 0.2) is 0 Å². The van der Waals surface area contributed by atoms with E-state index in [4.69, 9.17) is 5.90 Å². The summed E-state index contributed by atoms with van der Waals surface area (Å²) >= 11 is 0. The van der Waals surface area contributed by atoms with Gasteiger partial charge in [-0.25, -0.2) is 5.90 Å². The number of hydrogen-bond donors (Lipinski definition) is 2. The van der Waals surface area contributed by atoms with Crippen molar-refractivity contribution >= 4 is 0 Å². The van der Waals surface area contributed by atoms with Crippen LogP contribution in [0.4, 0.5) is 0 Å². The molecule has 1 aliphatic rings. The predicted octanol–water partition coefficient (Wildman–Crippen LogP) is 1.66. The molecule has 0 aromatic heterocycles. The number of aromatic hydroxyl groups is 1. The van der Waals surface area contributed by atoms with Crippen molar-refractivity contribution in [2.45, 2.75) is 32.3 Å². The lowest BCUT2D eigenvalue weighted by molar-refractivity contribution is 0.122. The molecule has 0 atom stereocenters. The molecular formula is C11H15NO2. The fourth-order valence-corrected chi connectivity index (χ4v) is 2.06. The first-order valence-corrected chi connectivity index (χ1v) is 4.97. The Hall–Kier alpha value is -1.06. The van der Waals surface area contributed by atoms with E-state index in [1.807, 2.05) is 6.07 Å². The highest BCUT2D eigenvalue weighted by Crippen LogP contribution is 2.31. The number of hydrogen-bond acceptors (Lipinski definition) is 3. The molecule has 0 amide bonds. The summed E-state index contributed by atoms with van der Waals surface area (Å²) in [5.41, 5.74) is 3.15. The van der Waals surface area contributed by atoms with E-state index in [0.29, 0.717) is 5.75 Å². The van der Waals surface area contributed by atoms with Crippen LogP contribution >= 0.6 is 0 Å². The van der Waals surface area contributed by atoms with Gasteiger partial charge in [-0.3, -0.25) is 4.84 Å². The van der Waals surface area contributed by atoms with Crippen LogP contribution in [-0.2, 0) is 24.3 Å². The van der Waals surface area contributed by atoms with Gasteiger partial charge in [0.2, 0.25) is 0 Å². The van der Waals surface area contributed by atoms with Crippen LogP contribution in [0.3, 0.4) is 0 Å². The minimum atomic E-state index is 0.277. The highest BCUT2D eigenvalue weighted by molar-refractivity contribution is 5.46. The Kier molecular flexibility index (Phi) is 2.70. The second-order valence-corrected chi connectivity index (χ2v) is 3.73. The maximum Gasteiger partial charge on any atom is 0.124 e. The molecule has 1 aliphatic carbocycles. The first-order chi connectivity index (χ1) is 6.83. The molecule has 3 N–H and O–H groups in total. The van der Waals surface area contributed by atoms with E-state index in [2.05, 4.69) is 10.9 Å². The second kappa shape index (κ2) is 3.98. The van der Waals surface area contributed by atoms with Crippen molar-refractivity contribution in [2.75, 3.05) is 0 Å². The first kappa shape index (κ1) is 9.49. The number of benzene rings is 1. The fraction of sp³-hybridized carbons (Fsp3) is 0.455. The van der Waals surface area contributed by atoms with Crippen molar-refractivity contribution in [1.29, 1.82) is 0 Å². The van der Waals surface area contributed by atoms with Crippen LogP contribution in [0.1, 0.15) is 29.5 Å². The average molecular weight is 193 g/mol. The van der Waals surface area contributed by atoms with Crippen LogP contribution in [0, 0.1) is 0 Å². The van der Waals surface area contributed by atoms with Crippen LogP contribution in [0.2, 0.25) is 0 Å². The van der Waals surface area contributed by atoms with E-state index in [0.717, 1.165) is 30.4 Å². The Morgan fingerprint density at radius 2 is 2.07 bits per heavy atom. The monoisotopic (exact) mass is 193 g/mol. The molecule has 0 bridgehead atoms. The number of nitrogens with two attached hydrogens (primary N) is 1. The largest absolute Gasteiger partial charge is 0.507 e. The molecule has 3 nitrogen and oxygen atoms in total. The van der Waals surface area contributed by atoms with E-state index in [-0.39, 0.29) is 6.61 Å². The Labute approximate surface area is 83.5 Å². The van der Waals surface area contributed by atoms with E-state index >= 15 is 0 Å². The normalized spacial score (nSPS) is 15.2. The smallest absolute Gasteiger partial charge is 0.124 e. The molecule has 0 aliphatic heterocycles. The van der Waals surface area contributed by atoms with Crippen molar-refractivity contribution in [2.24, 2.45) is 5.90 Å². The number of fused-ring (bicyclic) bond motifs is 1. The van der Waals surface area contributed by atoms with Gasteiger partial charge in [-0.1, -0.05) is 12.1 Å². The maximum absolute atomic E-state index is 9.93. The zero-order valence-electron chi connectivity index (χ0n) is 8.12. The van der Waals surface area contributed by atoms with E-state index in [1.165, 1.54) is 12.0 Å². The van der Waals surface area contributed by atoms with Crippen LogP contribution < -0.4 is 5.90 Å². The number of aryl methyl sites for hydroxylation is 1. The van der Waals surface area contributed by atoms with Gasteiger partial charge in [-0.15, -0.1) is 0 Å². The van der Waals surface area contributed by atoms with Crippen LogP contribution in [0.5, 0.6) is 5.75 Å². The zero-order valence-corrected chi connectivity index (χ0v) is 8.12. The molecule has 0 radical (unpaired) electrons. The third-order valence-electron chi connectivity index (χ3n) is 2.83. The topological polar surface area (TPSA) is 55.5 Å². The summed E-state index contributed by atoms with van der Waals surface area (Å²) in [5, 5.41) is 9.93. The van der Waals surface area contributed by atoms with E-state index < -0.39 is 0 Å². The Bertz CT molecular complexity index is 336. The molecule has 0 unspecified atom stereocenters. The summed E-state index contributed by atoms with van der Waals surface area (Å²) < 4.78 is 0. The van der Waals surface area contributed by atoms with Crippen LogP contribution in [0.15, 0.2) is 12.1 Å². The quantitative estimate of drug-likeness (QED) is 0.702. The van der Waals surface area contributed by atoms with Crippen molar-refractivity contribution in [3.8, 4) is 5.75 Å². The van der Waals surface area contributed by atoms with Gasteiger partial charge in [0.1, 0.15) is 5.75 Å². The molecule has 1 aromatic carbocycles. The summed E-state index contributed by atoms with van der Waals surface area (Å²) in [5.74, 6) is 5.38. The Morgan fingerprint density at radius 1 is 1.29 bits per heavy atom. The minimum Gasteiger partial charge on any atom is -0.507 e. The van der Waals surface area contributed by atoms with Gasteiger partial charge >= 0.3 is 0 Å².